The average Bonchev–Trinajstić information content (AvgIpc) is 3.10. The van der Waals surface area contributed by atoms with Crippen LogP contribution in [0.3, 0.4) is 0 Å². The summed E-state index contributed by atoms with van der Waals surface area (Å²) in [4.78, 5) is 14.4. The van der Waals surface area contributed by atoms with Gasteiger partial charge in [0.25, 0.3) is 0 Å². The van der Waals surface area contributed by atoms with E-state index in [1.54, 1.807) is 25.1 Å². The van der Waals surface area contributed by atoms with Crippen molar-refractivity contribution in [3.05, 3.63) is 125 Å². The van der Waals surface area contributed by atoms with Gasteiger partial charge in [0.05, 0.1) is 24.1 Å². The summed E-state index contributed by atoms with van der Waals surface area (Å²) in [6, 6.07) is 32.9. The van der Waals surface area contributed by atoms with Crippen LogP contribution in [0.1, 0.15) is 65.6 Å². The van der Waals surface area contributed by atoms with Crippen molar-refractivity contribution in [1.82, 2.24) is 4.90 Å². The molecule has 0 saturated heterocycles. The fourth-order valence-electron chi connectivity index (χ4n) is 6.30. The van der Waals surface area contributed by atoms with E-state index in [9.17, 15) is 18.3 Å². The van der Waals surface area contributed by atoms with Crippen LogP contribution in [0.2, 0.25) is 0 Å². The molecule has 0 radical (unpaired) electrons. The molecule has 0 aromatic heterocycles. The molecule has 0 heterocycles. The molecule has 0 bridgehead atoms. The number of carbonyl (C=O) groups excluding carboxylic acids is 1. The third kappa shape index (κ3) is 11.1. The van der Waals surface area contributed by atoms with Crippen LogP contribution in [0, 0.1) is 0 Å². The lowest BCUT2D eigenvalue weighted by atomic mass is 9.81. The van der Waals surface area contributed by atoms with Crippen LogP contribution in [-0.2, 0) is 27.9 Å². The van der Waals surface area contributed by atoms with Crippen LogP contribution in [0.15, 0.2) is 103 Å². The molecule has 1 fully saturated rings. The summed E-state index contributed by atoms with van der Waals surface area (Å²) in [5.74, 6) is 0.907. The van der Waals surface area contributed by atoms with Crippen LogP contribution >= 0.6 is 0 Å². The Morgan fingerprint density at radius 3 is 2.16 bits per heavy atom. The van der Waals surface area contributed by atoms with Crippen molar-refractivity contribution in [3.8, 4) is 11.5 Å². The van der Waals surface area contributed by atoms with Gasteiger partial charge in [-0.05, 0) is 79.5 Å². The number of carbonyl (C=O) groups is 1. The van der Waals surface area contributed by atoms with E-state index >= 15 is 0 Å². The van der Waals surface area contributed by atoms with Crippen molar-refractivity contribution in [1.29, 1.82) is 0 Å². The lowest BCUT2D eigenvalue weighted by molar-refractivity contribution is 0.0384. The molecule has 5 rings (SSSR count). The lowest BCUT2D eigenvalue weighted by Gasteiger charge is -2.38. The van der Waals surface area contributed by atoms with Crippen molar-refractivity contribution in [2.45, 2.75) is 63.8 Å². The number of ether oxygens (including phenoxy) is 3. The van der Waals surface area contributed by atoms with Gasteiger partial charge in [-0.3, -0.25) is 9.62 Å². The highest BCUT2D eigenvalue weighted by Crippen LogP contribution is 2.36. The Labute approximate surface area is 289 Å². The summed E-state index contributed by atoms with van der Waals surface area (Å²) in [6.45, 7) is 3.60. The van der Waals surface area contributed by atoms with Gasteiger partial charge >= 0.3 is 5.97 Å². The summed E-state index contributed by atoms with van der Waals surface area (Å²) in [6.07, 6.45) is 4.29. The number of esters is 1. The molecule has 1 saturated carbocycles. The van der Waals surface area contributed by atoms with E-state index in [0.29, 0.717) is 42.7 Å². The number of benzene rings is 4. The van der Waals surface area contributed by atoms with Crippen molar-refractivity contribution in [2.24, 2.45) is 0 Å². The van der Waals surface area contributed by atoms with Gasteiger partial charge in [0.2, 0.25) is 10.0 Å². The number of anilines is 1. The van der Waals surface area contributed by atoms with Gasteiger partial charge in [0.15, 0.2) is 0 Å². The van der Waals surface area contributed by atoms with E-state index in [1.807, 2.05) is 72.8 Å². The minimum atomic E-state index is -3.58. The summed E-state index contributed by atoms with van der Waals surface area (Å²) in [7, 11) is -3.58. The maximum Gasteiger partial charge on any atom is 0.338 e. The molecule has 9 nitrogen and oxygen atoms in total. The third-order valence-electron chi connectivity index (χ3n) is 8.71. The maximum absolute atomic E-state index is 12.1. The van der Waals surface area contributed by atoms with E-state index in [-0.39, 0.29) is 30.9 Å². The van der Waals surface area contributed by atoms with Crippen LogP contribution < -0.4 is 14.2 Å². The van der Waals surface area contributed by atoms with Gasteiger partial charge in [-0.25, -0.2) is 13.2 Å². The second-order valence-electron chi connectivity index (χ2n) is 12.5. The quantitative estimate of drug-likeness (QED) is 0.124. The summed E-state index contributed by atoms with van der Waals surface area (Å²) < 4.78 is 43.8. The number of hydrogen-bond donors (Lipinski definition) is 2. The van der Waals surface area contributed by atoms with Crippen molar-refractivity contribution < 1.29 is 32.5 Å². The molecule has 260 valence electrons. The van der Waals surface area contributed by atoms with Gasteiger partial charge in [-0.15, -0.1) is 0 Å². The van der Waals surface area contributed by atoms with E-state index in [1.165, 1.54) is 11.1 Å². The Kier molecular flexibility index (Phi) is 12.7. The van der Waals surface area contributed by atoms with Crippen LogP contribution in [-0.4, -0.2) is 62.6 Å². The summed E-state index contributed by atoms with van der Waals surface area (Å²) >= 11 is 0. The molecule has 1 atom stereocenters. The number of nitrogens with one attached hydrogen (secondary N) is 1. The Balaban J connectivity index is 1.21. The zero-order chi connectivity index (χ0) is 34.6. The zero-order valence-electron chi connectivity index (χ0n) is 28.2. The van der Waals surface area contributed by atoms with E-state index in [4.69, 9.17) is 14.2 Å². The predicted molar refractivity (Wildman–Crippen MR) is 191 cm³/mol. The molecule has 0 spiro atoms. The topological polar surface area (TPSA) is 114 Å². The number of aliphatic hydroxyl groups excluding tert-OH is 1. The molecule has 1 aliphatic rings. The molecule has 0 aliphatic heterocycles. The summed E-state index contributed by atoms with van der Waals surface area (Å²) in [5.41, 5.74) is 4.20. The molecule has 49 heavy (non-hydrogen) atoms. The highest BCUT2D eigenvalue weighted by atomic mass is 32.2. The Bertz CT molecular complexity index is 1730. The molecule has 10 heteroatoms. The van der Waals surface area contributed by atoms with E-state index < -0.39 is 16.1 Å². The normalized spacial score (nSPS) is 16.9. The molecule has 4 aromatic carbocycles. The molecule has 0 unspecified atom stereocenters. The Morgan fingerprint density at radius 1 is 0.878 bits per heavy atom. The second kappa shape index (κ2) is 17.3. The van der Waals surface area contributed by atoms with E-state index in [0.717, 1.165) is 37.5 Å². The fraction of sp³-hybridized carbons (Fsp3) is 0.359. The number of hydrogen-bond acceptors (Lipinski definition) is 8. The maximum atomic E-state index is 12.1. The van der Waals surface area contributed by atoms with Gasteiger partial charge in [-0.1, -0.05) is 72.8 Å². The minimum Gasteiger partial charge on any atom is -0.491 e. The minimum absolute atomic E-state index is 0.0377. The number of aliphatic hydroxyl groups is 1. The van der Waals surface area contributed by atoms with Crippen molar-refractivity contribution in [3.63, 3.8) is 0 Å². The highest BCUT2D eigenvalue weighted by molar-refractivity contribution is 7.92. The smallest absolute Gasteiger partial charge is 0.338 e. The molecule has 1 aliphatic carbocycles. The molecule has 2 N–H and O–H groups in total. The number of rotatable bonds is 16. The summed E-state index contributed by atoms with van der Waals surface area (Å²) in [5, 5.41) is 11.2. The third-order valence-corrected chi connectivity index (χ3v) is 9.30. The lowest BCUT2D eigenvalue weighted by Crippen LogP contribution is -2.43. The number of nitrogens with zero attached hydrogens (tertiary/aromatic N) is 1. The fourth-order valence-corrected chi connectivity index (χ4v) is 6.86. The molecular formula is C39H46N2O7S. The first-order chi connectivity index (χ1) is 23.7. The zero-order valence-corrected chi connectivity index (χ0v) is 29.0. The van der Waals surface area contributed by atoms with Crippen molar-refractivity contribution in [2.75, 3.05) is 30.7 Å². The number of sulfonamides is 1. The Morgan fingerprint density at radius 2 is 1.53 bits per heavy atom. The second-order valence-corrected chi connectivity index (χ2v) is 14.3. The first-order valence-corrected chi connectivity index (χ1v) is 18.7. The standard InChI is InChI=1S/C39H46N2O7S/c1-3-46-39(43)33-16-14-31(15-17-33)32-18-20-34(21-19-32)41(25-29-10-6-4-7-11-29)26-35(42)28-47-36-22-23-38(37(24-36)40-49(2,44)45)48-27-30-12-8-5-9-13-30/h4-17,22-24,32,34-35,40,42H,3,18-21,25-28H2,1-2H3/t32-,34-,35-/m0/s1. The Hall–Kier alpha value is -4.38. The van der Waals surface area contributed by atoms with Crippen LogP contribution in [0.5, 0.6) is 11.5 Å². The van der Waals surface area contributed by atoms with Gasteiger partial charge in [0, 0.05) is 25.2 Å². The highest BCUT2D eigenvalue weighted by Gasteiger charge is 2.28. The molecule has 4 aromatic rings. The van der Waals surface area contributed by atoms with Crippen LogP contribution in [0.25, 0.3) is 0 Å². The van der Waals surface area contributed by atoms with Gasteiger partial charge < -0.3 is 19.3 Å². The average molecular weight is 687 g/mol. The van der Waals surface area contributed by atoms with Crippen LogP contribution in [0.4, 0.5) is 5.69 Å². The van der Waals surface area contributed by atoms with Gasteiger partial charge in [-0.2, -0.15) is 0 Å². The molecular weight excluding hydrogens is 641 g/mol. The monoisotopic (exact) mass is 686 g/mol. The first kappa shape index (κ1) is 35.9. The van der Waals surface area contributed by atoms with Crippen molar-refractivity contribution >= 4 is 21.7 Å². The largest absolute Gasteiger partial charge is 0.491 e. The van der Waals surface area contributed by atoms with Gasteiger partial charge in [0.1, 0.15) is 30.8 Å². The SMILES string of the molecule is CCOC(=O)c1ccc([C@H]2CC[C@H](N(Cc3ccccc3)C[C@H](O)COc3ccc(OCc4ccccc4)c(NS(C)(=O)=O)c3)CC2)cc1. The first-order valence-electron chi connectivity index (χ1n) is 16.8. The predicted octanol–water partition coefficient (Wildman–Crippen LogP) is 6.78. The van der Waals surface area contributed by atoms with E-state index in [2.05, 4.69) is 21.8 Å². The molecule has 0 amide bonds.